The van der Waals surface area contributed by atoms with E-state index in [9.17, 15) is 9.90 Å². The Morgan fingerprint density at radius 3 is 2.57 bits per heavy atom. The van der Waals surface area contributed by atoms with Gasteiger partial charge in [0.2, 0.25) is 5.91 Å². The molecule has 2 heterocycles. The molecule has 1 aromatic carbocycles. The van der Waals surface area contributed by atoms with Crippen molar-refractivity contribution in [3.8, 4) is 0 Å². The van der Waals surface area contributed by atoms with Crippen LogP contribution in [-0.2, 0) is 22.4 Å². The van der Waals surface area contributed by atoms with Gasteiger partial charge < -0.3 is 14.7 Å². The number of aliphatic hydroxyl groups is 1. The maximum Gasteiger partial charge on any atom is 0.225 e. The molecule has 1 amide bonds. The summed E-state index contributed by atoms with van der Waals surface area (Å²) >= 11 is 13.9. The third-order valence-corrected chi connectivity index (χ3v) is 9.45. The van der Waals surface area contributed by atoms with E-state index in [-0.39, 0.29) is 23.8 Å². The number of nitrogens with zero attached hydrogens (tertiary/aromatic N) is 2. The van der Waals surface area contributed by atoms with Gasteiger partial charge in [0.15, 0.2) is 0 Å². The smallest absolute Gasteiger partial charge is 0.225 e. The number of pyridine rings is 1. The van der Waals surface area contributed by atoms with Gasteiger partial charge >= 0.3 is 0 Å². The van der Waals surface area contributed by atoms with E-state index >= 15 is 0 Å². The molecule has 0 radical (unpaired) electrons. The van der Waals surface area contributed by atoms with E-state index in [1.54, 1.807) is 7.11 Å². The van der Waals surface area contributed by atoms with Gasteiger partial charge in [0.1, 0.15) is 0 Å². The van der Waals surface area contributed by atoms with Crippen molar-refractivity contribution in [3.63, 3.8) is 0 Å². The van der Waals surface area contributed by atoms with Crippen molar-refractivity contribution >= 4 is 49.4 Å². The SMILES string of the molecule is COC1CCC(C(=O)N2CCC([C@H]3c4ncc(Br)cc4CCc4cc(Cl)cc(Br)c43)CC2)CC1O. The largest absolute Gasteiger partial charge is 0.390 e. The monoisotopic (exact) mass is 624 g/mol. The molecule has 1 saturated heterocycles. The summed E-state index contributed by atoms with van der Waals surface area (Å²) < 4.78 is 7.40. The number of aromatic nitrogens is 1. The van der Waals surface area contributed by atoms with Gasteiger partial charge in [-0.05, 0) is 102 Å². The molecule has 8 heteroatoms. The van der Waals surface area contributed by atoms with E-state index in [1.807, 2.05) is 17.2 Å². The second kappa shape index (κ2) is 10.8. The van der Waals surface area contributed by atoms with E-state index in [0.717, 1.165) is 71.3 Å². The number of benzene rings is 1. The van der Waals surface area contributed by atoms with Crippen molar-refractivity contribution in [2.45, 2.75) is 63.1 Å². The van der Waals surface area contributed by atoms with E-state index < -0.39 is 6.10 Å². The summed E-state index contributed by atoms with van der Waals surface area (Å²) in [5, 5.41) is 11.1. The number of hydrogen-bond acceptors (Lipinski definition) is 4. The fourth-order valence-corrected chi connectivity index (χ4v) is 7.86. The van der Waals surface area contributed by atoms with Crippen LogP contribution in [0.3, 0.4) is 0 Å². The summed E-state index contributed by atoms with van der Waals surface area (Å²) in [6.45, 7) is 1.49. The molecule has 35 heavy (non-hydrogen) atoms. The molecule has 2 fully saturated rings. The fraction of sp³-hybridized carbons (Fsp3) is 0.556. The Labute approximate surface area is 228 Å². The molecule has 3 aliphatic rings. The predicted molar refractivity (Wildman–Crippen MR) is 144 cm³/mol. The summed E-state index contributed by atoms with van der Waals surface area (Å²) in [6.07, 6.45) is 6.92. The van der Waals surface area contributed by atoms with Crippen LogP contribution in [0.1, 0.15) is 60.4 Å². The van der Waals surface area contributed by atoms with Crippen molar-refractivity contribution < 1.29 is 14.6 Å². The number of hydrogen-bond donors (Lipinski definition) is 1. The van der Waals surface area contributed by atoms with Crippen molar-refractivity contribution in [1.29, 1.82) is 0 Å². The molecule has 1 saturated carbocycles. The van der Waals surface area contributed by atoms with Crippen molar-refractivity contribution in [3.05, 3.63) is 60.7 Å². The molecule has 1 N–H and O–H groups in total. The van der Waals surface area contributed by atoms with Gasteiger partial charge in [-0.3, -0.25) is 9.78 Å². The second-order valence-corrected chi connectivity index (χ2v) is 12.4. The molecule has 1 aliphatic heterocycles. The third-order valence-electron chi connectivity index (χ3n) is 8.15. The second-order valence-electron chi connectivity index (χ2n) is 10.2. The van der Waals surface area contributed by atoms with Crippen LogP contribution >= 0.6 is 43.5 Å². The van der Waals surface area contributed by atoms with E-state index in [2.05, 4.69) is 44.0 Å². The maximum absolute atomic E-state index is 13.3. The van der Waals surface area contributed by atoms with Gasteiger partial charge in [-0.15, -0.1) is 0 Å². The average molecular weight is 627 g/mol. The zero-order chi connectivity index (χ0) is 24.7. The highest BCUT2D eigenvalue weighted by Gasteiger charge is 2.39. The van der Waals surface area contributed by atoms with Crippen molar-refractivity contribution in [2.24, 2.45) is 11.8 Å². The lowest BCUT2D eigenvalue weighted by molar-refractivity contribution is -0.142. The molecule has 2 aromatic rings. The van der Waals surface area contributed by atoms with Crippen molar-refractivity contribution in [2.75, 3.05) is 20.2 Å². The first-order valence-corrected chi connectivity index (χ1v) is 14.4. The number of methoxy groups -OCH3 is 1. The highest BCUT2D eigenvalue weighted by Crippen LogP contribution is 2.46. The fourth-order valence-electron chi connectivity index (χ4n) is 6.36. The molecule has 5 rings (SSSR count). The minimum Gasteiger partial charge on any atom is -0.390 e. The van der Waals surface area contributed by atoms with Gasteiger partial charge in [-0.1, -0.05) is 27.5 Å². The van der Waals surface area contributed by atoms with Gasteiger partial charge in [0.25, 0.3) is 0 Å². The van der Waals surface area contributed by atoms with E-state index in [1.165, 1.54) is 16.7 Å². The first-order chi connectivity index (χ1) is 16.9. The number of rotatable bonds is 3. The van der Waals surface area contributed by atoms with Crippen LogP contribution in [0.4, 0.5) is 0 Å². The van der Waals surface area contributed by atoms with Crippen LogP contribution in [-0.4, -0.2) is 53.3 Å². The minimum absolute atomic E-state index is 0.109. The molecule has 188 valence electrons. The first kappa shape index (κ1) is 25.7. The molecular formula is C27H31Br2ClN2O3. The number of fused-ring (bicyclic) bond motifs is 2. The maximum atomic E-state index is 13.3. The molecule has 3 unspecified atom stereocenters. The van der Waals surface area contributed by atoms with Gasteiger partial charge in [-0.25, -0.2) is 0 Å². The first-order valence-electron chi connectivity index (χ1n) is 12.5. The summed E-state index contributed by atoms with van der Waals surface area (Å²) in [4.78, 5) is 20.2. The van der Waals surface area contributed by atoms with Gasteiger partial charge in [-0.2, -0.15) is 0 Å². The lowest BCUT2D eigenvalue weighted by Gasteiger charge is -2.40. The number of piperidine rings is 1. The number of aryl methyl sites for hydroxylation is 2. The van der Waals surface area contributed by atoms with Gasteiger partial charge in [0.05, 0.1) is 17.9 Å². The van der Waals surface area contributed by atoms with Crippen LogP contribution in [0.2, 0.25) is 5.02 Å². The van der Waals surface area contributed by atoms with Crippen molar-refractivity contribution in [1.82, 2.24) is 9.88 Å². The summed E-state index contributed by atoms with van der Waals surface area (Å²) in [5.41, 5.74) is 5.02. The zero-order valence-corrected chi connectivity index (χ0v) is 23.8. The quantitative estimate of drug-likeness (QED) is 0.461. The minimum atomic E-state index is -0.561. The lowest BCUT2D eigenvalue weighted by Crippen LogP contribution is -2.46. The lowest BCUT2D eigenvalue weighted by atomic mass is 9.76. The normalized spacial score (nSPS) is 27.2. The number of carbonyl (C=O) groups is 1. The Morgan fingerprint density at radius 2 is 1.86 bits per heavy atom. The number of ether oxygens (including phenoxy) is 1. The number of carbonyl (C=O) groups excluding carboxylic acids is 1. The molecule has 0 spiro atoms. The Kier molecular flexibility index (Phi) is 7.90. The van der Waals surface area contributed by atoms with Crippen LogP contribution < -0.4 is 0 Å². The predicted octanol–water partition coefficient (Wildman–Crippen LogP) is 5.91. The average Bonchev–Trinajstić information content (AvgIpc) is 3.00. The highest BCUT2D eigenvalue weighted by atomic mass is 79.9. The van der Waals surface area contributed by atoms with Crippen LogP contribution in [0.5, 0.6) is 0 Å². The standard InChI is InChI=1S/C27H31Br2ClN2O3/c1-35-23-5-4-18(12-22(23)33)27(34)32-8-6-15(7-9-32)25-24-16(11-20(30)13-21(24)29)2-3-17-10-19(28)14-31-26(17)25/h10-11,13-15,18,22-23,25,33H,2-9,12H2,1H3/t18?,22?,23?,25-/m1/s1. The molecule has 5 nitrogen and oxygen atoms in total. The summed E-state index contributed by atoms with van der Waals surface area (Å²) in [5.74, 6) is 0.630. The topological polar surface area (TPSA) is 62.7 Å². The Morgan fingerprint density at radius 1 is 1.11 bits per heavy atom. The third kappa shape index (κ3) is 5.22. The zero-order valence-electron chi connectivity index (χ0n) is 19.9. The highest BCUT2D eigenvalue weighted by molar-refractivity contribution is 9.10. The number of amides is 1. The van der Waals surface area contributed by atoms with E-state index in [0.29, 0.717) is 12.3 Å². The van der Waals surface area contributed by atoms with Gasteiger partial charge in [0, 0.05) is 52.2 Å². The molecule has 2 aliphatic carbocycles. The Hall–Kier alpha value is -0.990. The molecule has 4 atom stereocenters. The molecule has 0 bridgehead atoms. The summed E-state index contributed by atoms with van der Waals surface area (Å²) in [6, 6.07) is 6.31. The van der Waals surface area contributed by atoms with Crippen LogP contribution in [0.15, 0.2) is 33.3 Å². The number of likely N-dealkylation sites (tertiary alicyclic amines) is 1. The summed E-state index contributed by atoms with van der Waals surface area (Å²) in [7, 11) is 1.63. The van der Waals surface area contributed by atoms with Crippen LogP contribution in [0, 0.1) is 11.8 Å². The number of aliphatic hydroxyl groups excluding tert-OH is 1. The Bertz CT molecular complexity index is 1110. The molecular weight excluding hydrogens is 596 g/mol. The van der Waals surface area contributed by atoms with Crippen LogP contribution in [0.25, 0.3) is 0 Å². The van der Waals surface area contributed by atoms with E-state index in [4.69, 9.17) is 21.3 Å². The number of halogens is 3. The molecule has 1 aromatic heterocycles. The Balaban J connectivity index is 1.37.